The molecule has 0 aromatic carbocycles. The Balaban J connectivity index is 2.74. The molecule has 0 aliphatic heterocycles. The average Bonchev–Trinajstić information content (AvgIpc) is 2.35. The third-order valence-electron chi connectivity index (χ3n) is 1.91. The summed E-state index contributed by atoms with van der Waals surface area (Å²) in [4.78, 5) is 21.9. The third kappa shape index (κ3) is 3.38. The van der Waals surface area contributed by atoms with Crippen LogP contribution in [0, 0.1) is 0 Å². The topological polar surface area (TPSA) is 127 Å². The monoisotopic (exact) mass is 240 g/mol. The second-order valence-electron chi connectivity index (χ2n) is 3.07. The fourth-order valence-electron chi connectivity index (χ4n) is 1.04. The van der Waals surface area contributed by atoms with Crippen LogP contribution in [0.15, 0.2) is 12.1 Å². The van der Waals surface area contributed by atoms with Gasteiger partial charge in [0.25, 0.3) is 5.91 Å². The van der Waals surface area contributed by atoms with Gasteiger partial charge in [0.05, 0.1) is 13.7 Å². The summed E-state index contributed by atoms with van der Waals surface area (Å²) in [5.74, 6) is -1.11. The minimum atomic E-state index is -0.936. The molecule has 17 heavy (non-hydrogen) atoms. The van der Waals surface area contributed by atoms with Crippen molar-refractivity contribution in [2.75, 3.05) is 19.0 Å². The maximum absolute atomic E-state index is 11.2. The number of aliphatic hydroxyl groups excluding tert-OH is 1. The van der Waals surface area contributed by atoms with Crippen LogP contribution in [0.3, 0.4) is 0 Å². The largest absolute Gasteiger partial charge is 0.467 e. The number of nitrogens with zero attached hydrogens (tertiary/aromatic N) is 2. The summed E-state index contributed by atoms with van der Waals surface area (Å²) in [6.07, 6.45) is 0. The number of hydrogen-bond donors (Lipinski definition) is 3. The Bertz CT molecular complexity index is 406. The standard InChI is InChI=1S/C9H12N4O4/c1-17-9(16)6(4-14)11-7-3-2-5(8(10)15)12-13-7/h2-3,6,14H,4H2,1H3,(H2,10,15)(H,11,13). The number of ether oxygens (including phenoxy) is 1. The lowest BCUT2D eigenvalue weighted by molar-refractivity contribution is -0.142. The first-order valence-corrected chi connectivity index (χ1v) is 4.67. The minimum Gasteiger partial charge on any atom is -0.467 e. The zero-order valence-corrected chi connectivity index (χ0v) is 9.08. The smallest absolute Gasteiger partial charge is 0.330 e. The quantitative estimate of drug-likeness (QED) is 0.535. The Kier molecular flexibility index (Phi) is 4.35. The van der Waals surface area contributed by atoms with Crippen molar-refractivity contribution < 1.29 is 19.4 Å². The Morgan fingerprint density at radius 3 is 2.65 bits per heavy atom. The molecule has 4 N–H and O–H groups in total. The maximum Gasteiger partial charge on any atom is 0.330 e. The van der Waals surface area contributed by atoms with E-state index >= 15 is 0 Å². The third-order valence-corrected chi connectivity index (χ3v) is 1.91. The molecule has 0 spiro atoms. The number of rotatable bonds is 5. The molecule has 0 aliphatic carbocycles. The van der Waals surface area contributed by atoms with Gasteiger partial charge < -0.3 is 20.9 Å². The van der Waals surface area contributed by atoms with E-state index in [9.17, 15) is 9.59 Å². The summed E-state index contributed by atoms with van der Waals surface area (Å²) in [7, 11) is 1.20. The molecule has 8 heteroatoms. The zero-order valence-electron chi connectivity index (χ0n) is 9.08. The highest BCUT2D eigenvalue weighted by Crippen LogP contribution is 2.04. The SMILES string of the molecule is COC(=O)C(CO)Nc1ccc(C(N)=O)nn1. The molecule has 92 valence electrons. The first kappa shape index (κ1) is 12.8. The molecule has 0 bridgehead atoms. The van der Waals surface area contributed by atoms with Gasteiger partial charge in [-0.25, -0.2) is 4.79 Å². The lowest BCUT2D eigenvalue weighted by Crippen LogP contribution is -2.34. The van der Waals surface area contributed by atoms with Crippen molar-refractivity contribution >= 4 is 17.7 Å². The second-order valence-corrected chi connectivity index (χ2v) is 3.07. The van der Waals surface area contributed by atoms with E-state index in [-0.39, 0.29) is 11.5 Å². The van der Waals surface area contributed by atoms with Crippen LogP contribution in [0.1, 0.15) is 10.5 Å². The van der Waals surface area contributed by atoms with Gasteiger partial charge in [-0.1, -0.05) is 0 Å². The fourth-order valence-corrected chi connectivity index (χ4v) is 1.04. The number of amides is 1. The van der Waals surface area contributed by atoms with Crippen LogP contribution in [0.5, 0.6) is 0 Å². The van der Waals surface area contributed by atoms with E-state index in [2.05, 4.69) is 20.3 Å². The zero-order chi connectivity index (χ0) is 12.8. The van der Waals surface area contributed by atoms with E-state index in [4.69, 9.17) is 10.8 Å². The molecule has 1 aromatic rings. The highest BCUT2D eigenvalue weighted by atomic mass is 16.5. The summed E-state index contributed by atoms with van der Waals surface area (Å²) < 4.78 is 4.45. The van der Waals surface area contributed by atoms with Crippen LogP contribution in [-0.2, 0) is 9.53 Å². The van der Waals surface area contributed by atoms with E-state index < -0.39 is 24.5 Å². The number of anilines is 1. The van der Waals surface area contributed by atoms with Gasteiger partial charge >= 0.3 is 5.97 Å². The van der Waals surface area contributed by atoms with Crippen LogP contribution in [-0.4, -0.2) is 46.9 Å². The van der Waals surface area contributed by atoms with Crippen molar-refractivity contribution in [3.05, 3.63) is 17.8 Å². The normalized spacial score (nSPS) is 11.6. The predicted molar refractivity (Wildman–Crippen MR) is 57.1 cm³/mol. The lowest BCUT2D eigenvalue weighted by Gasteiger charge is -2.13. The molecule has 1 rings (SSSR count). The first-order valence-electron chi connectivity index (χ1n) is 4.67. The summed E-state index contributed by atoms with van der Waals surface area (Å²) >= 11 is 0. The number of aliphatic hydroxyl groups is 1. The van der Waals surface area contributed by atoms with Crippen LogP contribution in [0.25, 0.3) is 0 Å². The van der Waals surface area contributed by atoms with Crippen molar-refractivity contribution in [3.63, 3.8) is 0 Å². The van der Waals surface area contributed by atoms with E-state index in [0.717, 1.165) is 0 Å². The Morgan fingerprint density at radius 2 is 2.24 bits per heavy atom. The summed E-state index contributed by atoms with van der Waals surface area (Å²) in [6.45, 7) is -0.452. The molecule has 8 nitrogen and oxygen atoms in total. The Hall–Kier alpha value is -2.22. The van der Waals surface area contributed by atoms with Crippen LogP contribution in [0.2, 0.25) is 0 Å². The van der Waals surface area contributed by atoms with Gasteiger partial charge in [-0.2, -0.15) is 0 Å². The number of primary amides is 1. The van der Waals surface area contributed by atoms with Gasteiger partial charge in [0, 0.05) is 0 Å². The molecular formula is C9H12N4O4. The Labute approximate surface area is 96.8 Å². The summed E-state index contributed by atoms with van der Waals surface area (Å²) in [6, 6.07) is 1.83. The van der Waals surface area contributed by atoms with Gasteiger partial charge in [0.2, 0.25) is 0 Å². The molecule has 0 fully saturated rings. The number of nitrogens with two attached hydrogens (primary N) is 1. The van der Waals surface area contributed by atoms with Gasteiger partial charge in [-0.15, -0.1) is 10.2 Å². The predicted octanol–water partition coefficient (Wildman–Crippen LogP) is -1.48. The van der Waals surface area contributed by atoms with Crippen molar-refractivity contribution in [1.29, 1.82) is 0 Å². The van der Waals surface area contributed by atoms with Gasteiger partial charge in [0.1, 0.15) is 11.9 Å². The second kappa shape index (κ2) is 5.75. The highest BCUT2D eigenvalue weighted by Gasteiger charge is 2.18. The number of aromatic nitrogens is 2. The fraction of sp³-hybridized carbons (Fsp3) is 0.333. The number of methoxy groups -OCH3 is 1. The van der Waals surface area contributed by atoms with Crippen molar-refractivity contribution in [1.82, 2.24) is 10.2 Å². The van der Waals surface area contributed by atoms with E-state index in [1.54, 1.807) is 0 Å². The Morgan fingerprint density at radius 1 is 1.53 bits per heavy atom. The van der Waals surface area contributed by atoms with Crippen LogP contribution < -0.4 is 11.1 Å². The molecule has 1 unspecified atom stereocenters. The molecule has 0 aliphatic rings. The van der Waals surface area contributed by atoms with E-state index in [1.807, 2.05) is 0 Å². The van der Waals surface area contributed by atoms with Gasteiger partial charge in [0.15, 0.2) is 5.69 Å². The molecule has 1 amide bonds. The maximum atomic E-state index is 11.2. The van der Waals surface area contributed by atoms with Crippen molar-refractivity contribution in [2.45, 2.75) is 6.04 Å². The van der Waals surface area contributed by atoms with E-state index in [0.29, 0.717) is 0 Å². The van der Waals surface area contributed by atoms with Gasteiger partial charge in [-0.05, 0) is 12.1 Å². The number of carbonyl (C=O) groups is 2. The van der Waals surface area contributed by atoms with Crippen LogP contribution >= 0.6 is 0 Å². The molecule has 1 heterocycles. The minimum absolute atomic E-state index is 0.00849. The summed E-state index contributed by atoms with van der Waals surface area (Å²) in [5, 5.41) is 18.7. The number of carbonyl (C=O) groups excluding carboxylic acids is 2. The molecule has 1 atom stereocenters. The average molecular weight is 240 g/mol. The van der Waals surface area contributed by atoms with Crippen molar-refractivity contribution in [2.24, 2.45) is 5.73 Å². The van der Waals surface area contributed by atoms with Crippen LogP contribution in [0.4, 0.5) is 5.82 Å². The van der Waals surface area contributed by atoms with E-state index in [1.165, 1.54) is 19.2 Å². The molecule has 0 saturated heterocycles. The number of hydrogen-bond acceptors (Lipinski definition) is 7. The first-order chi connectivity index (χ1) is 8.08. The summed E-state index contributed by atoms with van der Waals surface area (Å²) in [5.41, 5.74) is 4.99. The lowest BCUT2D eigenvalue weighted by atomic mass is 10.3. The van der Waals surface area contributed by atoms with Crippen molar-refractivity contribution in [3.8, 4) is 0 Å². The number of esters is 1. The molecule has 1 aromatic heterocycles. The molecule has 0 saturated carbocycles. The van der Waals surface area contributed by atoms with Gasteiger partial charge in [-0.3, -0.25) is 4.79 Å². The highest BCUT2D eigenvalue weighted by molar-refractivity contribution is 5.90. The molecular weight excluding hydrogens is 228 g/mol. The molecule has 0 radical (unpaired) electrons. The number of nitrogens with one attached hydrogen (secondary N) is 1.